The number of benzene rings is 1. The minimum atomic E-state index is -0.721. The Kier molecular flexibility index (Phi) is 7.07. The monoisotopic (exact) mass is 377 g/mol. The molecular formula is C20H31N3O4. The first-order chi connectivity index (χ1) is 12.7. The van der Waals surface area contributed by atoms with Gasteiger partial charge in [-0.25, -0.2) is 4.79 Å². The van der Waals surface area contributed by atoms with Gasteiger partial charge in [0.05, 0.1) is 0 Å². The molecule has 7 nitrogen and oxygen atoms in total. The fourth-order valence-electron chi connectivity index (χ4n) is 3.07. The van der Waals surface area contributed by atoms with Gasteiger partial charge < -0.3 is 25.4 Å². The second kappa shape index (κ2) is 9.08. The minimum absolute atomic E-state index is 0.114. The van der Waals surface area contributed by atoms with Crippen molar-refractivity contribution in [1.29, 1.82) is 0 Å². The van der Waals surface area contributed by atoms with Crippen molar-refractivity contribution in [2.45, 2.75) is 52.2 Å². The standard InChI is InChI=1S/C20H31N3O4/c1-14-12-16(24)7-6-15(14)13-17(22-19(26)27-20(2,3)4)18(25)23-10-5-8-21-9-11-23/h6-7,12,17,21,24H,5,8-11,13H2,1-4H3,(H,22,26)/t17-/m0/s1. The van der Waals surface area contributed by atoms with Crippen molar-refractivity contribution >= 4 is 12.0 Å². The van der Waals surface area contributed by atoms with Gasteiger partial charge in [0.15, 0.2) is 0 Å². The molecule has 1 heterocycles. The van der Waals surface area contributed by atoms with Crippen molar-refractivity contribution in [2.75, 3.05) is 26.2 Å². The molecule has 2 rings (SSSR count). The van der Waals surface area contributed by atoms with Crippen LogP contribution in [-0.4, -0.2) is 59.8 Å². The summed E-state index contributed by atoms with van der Waals surface area (Å²) >= 11 is 0. The van der Waals surface area contributed by atoms with Crippen LogP contribution in [0.5, 0.6) is 5.75 Å². The predicted octanol–water partition coefficient (Wildman–Crippen LogP) is 1.96. The number of carbonyl (C=O) groups excluding carboxylic acids is 2. The summed E-state index contributed by atoms with van der Waals surface area (Å²) in [4.78, 5) is 27.2. The molecule has 0 spiro atoms. The largest absolute Gasteiger partial charge is 0.508 e. The highest BCUT2D eigenvalue weighted by Crippen LogP contribution is 2.18. The van der Waals surface area contributed by atoms with Crippen molar-refractivity contribution < 1.29 is 19.4 Å². The third-order valence-corrected chi connectivity index (χ3v) is 4.39. The zero-order chi connectivity index (χ0) is 20.0. The number of phenolic OH excluding ortho intramolecular Hbond substituents is 1. The smallest absolute Gasteiger partial charge is 0.408 e. The van der Waals surface area contributed by atoms with Crippen LogP contribution in [0.15, 0.2) is 18.2 Å². The fourth-order valence-corrected chi connectivity index (χ4v) is 3.07. The molecular weight excluding hydrogens is 346 g/mol. The molecule has 0 aromatic heterocycles. The number of ether oxygens (including phenoxy) is 1. The fraction of sp³-hybridized carbons (Fsp3) is 0.600. The van der Waals surface area contributed by atoms with Crippen LogP contribution in [0.1, 0.15) is 38.3 Å². The maximum atomic E-state index is 13.1. The third kappa shape index (κ3) is 6.75. The summed E-state index contributed by atoms with van der Waals surface area (Å²) in [5, 5.41) is 15.6. The first kappa shape index (κ1) is 21.0. The Hall–Kier alpha value is -2.28. The molecule has 2 amide bonds. The molecule has 1 aromatic rings. The van der Waals surface area contributed by atoms with Crippen LogP contribution in [0, 0.1) is 6.92 Å². The Morgan fingerprint density at radius 2 is 2.04 bits per heavy atom. The molecule has 1 saturated heterocycles. The van der Waals surface area contributed by atoms with Crippen molar-refractivity contribution in [1.82, 2.24) is 15.5 Å². The Bertz CT molecular complexity index is 662. The van der Waals surface area contributed by atoms with E-state index in [9.17, 15) is 14.7 Å². The highest BCUT2D eigenvalue weighted by molar-refractivity contribution is 5.86. The second-order valence-corrected chi connectivity index (χ2v) is 7.94. The summed E-state index contributed by atoms with van der Waals surface area (Å²) in [7, 11) is 0. The zero-order valence-corrected chi connectivity index (χ0v) is 16.7. The maximum Gasteiger partial charge on any atom is 0.408 e. The zero-order valence-electron chi connectivity index (χ0n) is 16.7. The Balaban J connectivity index is 2.18. The summed E-state index contributed by atoms with van der Waals surface area (Å²) in [5.74, 6) is 0.0647. The Morgan fingerprint density at radius 3 is 2.70 bits per heavy atom. The van der Waals surface area contributed by atoms with Crippen molar-refractivity contribution in [2.24, 2.45) is 0 Å². The molecule has 0 saturated carbocycles. The lowest BCUT2D eigenvalue weighted by Crippen LogP contribution is -2.51. The SMILES string of the molecule is Cc1cc(O)ccc1C[C@H](NC(=O)OC(C)(C)C)C(=O)N1CCCNCC1. The first-order valence-electron chi connectivity index (χ1n) is 9.43. The van der Waals surface area contributed by atoms with Crippen LogP contribution in [0.2, 0.25) is 0 Å². The molecule has 1 aliphatic rings. The van der Waals surface area contributed by atoms with E-state index in [1.807, 2.05) is 6.92 Å². The van der Waals surface area contributed by atoms with E-state index in [1.54, 1.807) is 43.9 Å². The number of carbonyl (C=O) groups is 2. The van der Waals surface area contributed by atoms with Crippen LogP contribution in [0.25, 0.3) is 0 Å². The number of nitrogens with zero attached hydrogens (tertiary/aromatic N) is 1. The van der Waals surface area contributed by atoms with E-state index in [0.717, 1.165) is 30.6 Å². The van der Waals surface area contributed by atoms with Gasteiger partial charge in [0.25, 0.3) is 0 Å². The normalized spacial score (nSPS) is 16.4. The molecule has 1 fully saturated rings. The lowest BCUT2D eigenvalue weighted by atomic mass is 10.00. The van der Waals surface area contributed by atoms with Gasteiger partial charge in [0.2, 0.25) is 5.91 Å². The number of aromatic hydroxyl groups is 1. The average molecular weight is 377 g/mol. The van der Waals surface area contributed by atoms with Crippen molar-refractivity contribution in [3.8, 4) is 5.75 Å². The van der Waals surface area contributed by atoms with Gasteiger partial charge in [-0.15, -0.1) is 0 Å². The van der Waals surface area contributed by atoms with Crippen molar-refractivity contribution in [3.05, 3.63) is 29.3 Å². The van der Waals surface area contributed by atoms with Gasteiger partial charge >= 0.3 is 6.09 Å². The molecule has 1 aromatic carbocycles. The lowest BCUT2D eigenvalue weighted by Gasteiger charge is -2.28. The van der Waals surface area contributed by atoms with E-state index in [0.29, 0.717) is 19.5 Å². The summed E-state index contributed by atoms with van der Waals surface area (Å²) in [6.45, 7) is 10.1. The number of rotatable bonds is 4. The van der Waals surface area contributed by atoms with Crippen molar-refractivity contribution in [3.63, 3.8) is 0 Å². The number of alkyl carbamates (subject to hydrolysis) is 1. The topological polar surface area (TPSA) is 90.9 Å². The van der Waals surface area contributed by atoms with Gasteiger partial charge in [-0.3, -0.25) is 4.79 Å². The number of amides is 2. The second-order valence-electron chi connectivity index (χ2n) is 7.94. The van der Waals surface area contributed by atoms with E-state index >= 15 is 0 Å². The molecule has 150 valence electrons. The van der Waals surface area contributed by atoms with E-state index < -0.39 is 17.7 Å². The predicted molar refractivity (Wildman–Crippen MR) is 104 cm³/mol. The molecule has 1 atom stereocenters. The third-order valence-electron chi connectivity index (χ3n) is 4.39. The van der Waals surface area contributed by atoms with Gasteiger partial charge in [0, 0.05) is 26.1 Å². The number of hydrogen-bond acceptors (Lipinski definition) is 5. The molecule has 0 bridgehead atoms. The lowest BCUT2D eigenvalue weighted by molar-refractivity contribution is -0.133. The highest BCUT2D eigenvalue weighted by Gasteiger charge is 2.29. The number of phenols is 1. The number of hydrogen-bond donors (Lipinski definition) is 3. The van der Waals surface area contributed by atoms with Crippen LogP contribution in [-0.2, 0) is 16.0 Å². The molecule has 0 radical (unpaired) electrons. The molecule has 0 aliphatic carbocycles. The van der Waals surface area contributed by atoms with Crippen LogP contribution >= 0.6 is 0 Å². The van der Waals surface area contributed by atoms with Gasteiger partial charge in [-0.05, 0) is 63.9 Å². The molecule has 3 N–H and O–H groups in total. The van der Waals surface area contributed by atoms with E-state index in [2.05, 4.69) is 10.6 Å². The Labute approximate surface area is 161 Å². The summed E-state index contributed by atoms with van der Waals surface area (Å²) in [6, 6.07) is 4.31. The quantitative estimate of drug-likeness (QED) is 0.746. The maximum absolute atomic E-state index is 13.1. The van der Waals surface area contributed by atoms with E-state index in [1.165, 1.54) is 0 Å². The first-order valence-corrected chi connectivity index (χ1v) is 9.43. The minimum Gasteiger partial charge on any atom is -0.508 e. The summed E-state index contributed by atoms with van der Waals surface area (Å²) < 4.78 is 5.34. The number of aryl methyl sites for hydroxylation is 1. The van der Waals surface area contributed by atoms with Gasteiger partial charge in [0.1, 0.15) is 17.4 Å². The van der Waals surface area contributed by atoms with E-state index in [4.69, 9.17) is 4.74 Å². The van der Waals surface area contributed by atoms with Gasteiger partial charge in [-0.1, -0.05) is 6.07 Å². The van der Waals surface area contributed by atoms with Gasteiger partial charge in [-0.2, -0.15) is 0 Å². The molecule has 7 heteroatoms. The molecule has 27 heavy (non-hydrogen) atoms. The molecule has 0 unspecified atom stereocenters. The highest BCUT2D eigenvalue weighted by atomic mass is 16.6. The average Bonchev–Trinajstić information content (AvgIpc) is 2.83. The summed E-state index contributed by atoms with van der Waals surface area (Å²) in [6.07, 6.45) is 0.613. The van der Waals surface area contributed by atoms with Crippen LogP contribution in [0.4, 0.5) is 4.79 Å². The van der Waals surface area contributed by atoms with Crippen LogP contribution in [0.3, 0.4) is 0 Å². The van der Waals surface area contributed by atoms with E-state index in [-0.39, 0.29) is 11.7 Å². The summed E-state index contributed by atoms with van der Waals surface area (Å²) in [5.41, 5.74) is 1.13. The molecule has 1 aliphatic heterocycles. The van der Waals surface area contributed by atoms with Crippen LogP contribution < -0.4 is 10.6 Å². The number of nitrogens with one attached hydrogen (secondary N) is 2. The Morgan fingerprint density at radius 1 is 1.30 bits per heavy atom.